The molecule has 2 rings (SSSR count). The van der Waals surface area contributed by atoms with E-state index in [4.69, 9.17) is 5.73 Å². The first-order valence-corrected chi connectivity index (χ1v) is 5.75. The summed E-state index contributed by atoms with van der Waals surface area (Å²) in [5.41, 5.74) is 6.02. The second-order valence-corrected chi connectivity index (χ2v) is 4.15. The molecule has 3 N–H and O–H groups in total. The topological polar surface area (TPSA) is 85.8 Å². The van der Waals surface area contributed by atoms with E-state index in [9.17, 15) is 9.18 Å². The highest BCUT2D eigenvalue weighted by Crippen LogP contribution is 2.09. The van der Waals surface area contributed by atoms with Crippen molar-refractivity contribution in [2.24, 2.45) is 5.73 Å². The molecule has 6 nitrogen and oxygen atoms in total. The van der Waals surface area contributed by atoms with Crippen molar-refractivity contribution in [1.82, 2.24) is 14.8 Å². The van der Waals surface area contributed by atoms with Crippen molar-refractivity contribution in [2.45, 2.75) is 19.5 Å². The molecule has 1 aromatic carbocycles. The van der Waals surface area contributed by atoms with Crippen LogP contribution in [-0.2, 0) is 11.3 Å². The van der Waals surface area contributed by atoms with Gasteiger partial charge in [-0.3, -0.25) is 4.79 Å². The number of halogens is 1. The predicted octanol–water partition coefficient (Wildman–Crippen LogP) is 1.08. The molecule has 0 radical (unpaired) electrons. The number of nitrogens with zero attached hydrogens (tertiary/aromatic N) is 3. The Morgan fingerprint density at radius 2 is 2.37 bits per heavy atom. The number of anilines is 1. The highest BCUT2D eigenvalue weighted by Gasteiger charge is 2.09. The van der Waals surface area contributed by atoms with E-state index in [0.29, 0.717) is 11.5 Å². The number of benzene rings is 1. The smallest absolute Gasteiger partial charge is 0.246 e. The Bertz CT molecular complexity index is 581. The third-order valence-corrected chi connectivity index (χ3v) is 2.38. The average molecular weight is 263 g/mol. The van der Waals surface area contributed by atoms with Crippen LogP contribution < -0.4 is 11.1 Å². The molecule has 1 heterocycles. The van der Waals surface area contributed by atoms with Gasteiger partial charge in [0.2, 0.25) is 5.91 Å². The van der Waals surface area contributed by atoms with Crippen LogP contribution in [0.4, 0.5) is 10.1 Å². The zero-order valence-corrected chi connectivity index (χ0v) is 10.4. The summed E-state index contributed by atoms with van der Waals surface area (Å²) in [5, 5.41) is 6.63. The maximum atomic E-state index is 12.9. The molecule has 0 saturated carbocycles. The van der Waals surface area contributed by atoms with Gasteiger partial charge in [0, 0.05) is 5.69 Å². The summed E-state index contributed by atoms with van der Waals surface area (Å²) < 4.78 is 14.3. The first-order valence-electron chi connectivity index (χ1n) is 5.75. The fourth-order valence-corrected chi connectivity index (χ4v) is 1.51. The second-order valence-electron chi connectivity index (χ2n) is 4.15. The lowest BCUT2D eigenvalue weighted by Gasteiger charge is -2.05. The number of amides is 1. The van der Waals surface area contributed by atoms with Gasteiger partial charge < -0.3 is 11.1 Å². The predicted molar refractivity (Wildman–Crippen MR) is 67.7 cm³/mol. The molecule has 0 saturated heterocycles. The summed E-state index contributed by atoms with van der Waals surface area (Å²) in [4.78, 5) is 15.7. The Hall–Kier alpha value is -2.28. The maximum absolute atomic E-state index is 12.9. The molecule has 0 spiro atoms. The lowest BCUT2D eigenvalue weighted by molar-refractivity contribution is -0.116. The first-order chi connectivity index (χ1) is 9.04. The summed E-state index contributed by atoms with van der Waals surface area (Å²) in [7, 11) is 0. The first kappa shape index (κ1) is 13.2. The van der Waals surface area contributed by atoms with Gasteiger partial charge in [-0.1, -0.05) is 6.07 Å². The number of nitrogens with two attached hydrogens (primary N) is 1. The molecule has 0 bridgehead atoms. The standard InChI is InChI=1S/C12H14FN5O/c1-8(14)12-15-7-18(17-12)6-11(19)16-10-4-2-3-9(13)5-10/h2-5,7-8H,6,14H2,1H3,(H,16,19). The van der Waals surface area contributed by atoms with Crippen LogP contribution in [-0.4, -0.2) is 20.7 Å². The summed E-state index contributed by atoms with van der Waals surface area (Å²) in [6.07, 6.45) is 1.43. The van der Waals surface area contributed by atoms with Crippen molar-refractivity contribution in [3.8, 4) is 0 Å². The Labute approximate surface area is 109 Å². The minimum atomic E-state index is -0.405. The molecule has 1 atom stereocenters. The van der Waals surface area contributed by atoms with E-state index >= 15 is 0 Å². The maximum Gasteiger partial charge on any atom is 0.246 e. The minimum absolute atomic E-state index is 0.00374. The summed E-state index contributed by atoms with van der Waals surface area (Å²) >= 11 is 0. The van der Waals surface area contributed by atoms with Crippen molar-refractivity contribution in [3.63, 3.8) is 0 Å². The molecule has 100 valence electrons. The molecule has 19 heavy (non-hydrogen) atoms. The van der Waals surface area contributed by atoms with E-state index in [1.807, 2.05) is 0 Å². The molecule has 1 amide bonds. The van der Waals surface area contributed by atoms with Crippen LogP contribution in [0.2, 0.25) is 0 Å². The zero-order chi connectivity index (χ0) is 13.8. The van der Waals surface area contributed by atoms with E-state index in [2.05, 4.69) is 15.4 Å². The van der Waals surface area contributed by atoms with Gasteiger partial charge in [-0.2, -0.15) is 5.10 Å². The van der Waals surface area contributed by atoms with Crippen molar-refractivity contribution in [1.29, 1.82) is 0 Å². The van der Waals surface area contributed by atoms with Crippen molar-refractivity contribution in [3.05, 3.63) is 42.2 Å². The zero-order valence-electron chi connectivity index (χ0n) is 10.4. The number of nitrogens with one attached hydrogen (secondary N) is 1. The van der Waals surface area contributed by atoms with Gasteiger partial charge >= 0.3 is 0 Å². The minimum Gasteiger partial charge on any atom is -0.324 e. The third-order valence-electron chi connectivity index (χ3n) is 2.38. The van der Waals surface area contributed by atoms with Gasteiger partial charge in [-0.15, -0.1) is 0 Å². The van der Waals surface area contributed by atoms with Gasteiger partial charge in [0.25, 0.3) is 0 Å². The number of rotatable bonds is 4. The van der Waals surface area contributed by atoms with Gasteiger partial charge in [-0.25, -0.2) is 14.1 Å². The monoisotopic (exact) mass is 263 g/mol. The summed E-state index contributed by atoms with van der Waals surface area (Å²) in [5.74, 6) is -0.247. The molecule has 1 aromatic heterocycles. The second kappa shape index (κ2) is 5.57. The molecular weight excluding hydrogens is 249 g/mol. The van der Waals surface area contributed by atoms with E-state index < -0.39 is 5.82 Å². The summed E-state index contributed by atoms with van der Waals surface area (Å²) in [6.45, 7) is 1.75. The van der Waals surface area contributed by atoms with Crippen molar-refractivity contribution >= 4 is 11.6 Å². The van der Waals surface area contributed by atoms with Crippen molar-refractivity contribution < 1.29 is 9.18 Å². The van der Waals surface area contributed by atoms with E-state index in [0.717, 1.165) is 0 Å². The van der Waals surface area contributed by atoms with Crippen LogP contribution in [0.25, 0.3) is 0 Å². The quantitative estimate of drug-likeness (QED) is 0.864. The molecule has 0 aliphatic carbocycles. The molecule has 2 aromatic rings. The van der Waals surface area contributed by atoms with Crippen LogP contribution >= 0.6 is 0 Å². The number of carbonyl (C=O) groups excluding carboxylic acids is 1. The highest BCUT2D eigenvalue weighted by molar-refractivity contribution is 5.90. The van der Waals surface area contributed by atoms with Crippen LogP contribution in [0.3, 0.4) is 0 Å². The normalized spacial score (nSPS) is 12.2. The van der Waals surface area contributed by atoms with Gasteiger partial charge in [-0.05, 0) is 25.1 Å². The molecule has 1 unspecified atom stereocenters. The molecule has 7 heteroatoms. The number of carbonyl (C=O) groups is 1. The van der Waals surface area contributed by atoms with Gasteiger partial charge in [0.15, 0.2) is 5.82 Å². The van der Waals surface area contributed by atoms with E-state index in [1.54, 1.807) is 13.0 Å². The largest absolute Gasteiger partial charge is 0.324 e. The Kier molecular flexibility index (Phi) is 3.86. The van der Waals surface area contributed by atoms with Gasteiger partial charge in [0.1, 0.15) is 18.7 Å². The Morgan fingerprint density at radius 1 is 1.58 bits per heavy atom. The molecule has 0 aliphatic rings. The fourth-order valence-electron chi connectivity index (χ4n) is 1.51. The van der Waals surface area contributed by atoms with Crippen LogP contribution in [0, 0.1) is 5.82 Å². The fraction of sp³-hybridized carbons (Fsp3) is 0.250. The van der Waals surface area contributed by atoms with E-state index in [1.165, 1.54) is 29.2 Å². The Balaban J connectivity index is 1.97. The number of aromatic nitrogens is 3. The molecule has 0 aliphatic heterocycles. The number of hydrogen-bond acceptors (Lipinski definition) is 4. The Morgan fingerprint density at radius 3 is 3.00 bits per heavy atom. The molecular formula is C12H14FN5O. The van der Waals surface area contributed by atoms with Crippen LogP contribution in [0.1, 0.15) is 18.8 Å². The van der Waals surface area contributed by atoms with Crippen LogP contribution in [0.5, 0.6) is 0 Å². The van der Waals surface area contributed by atoms with Crippen molar-refractivity contribution in [2.75, 3.05) is 5.32 Å². The highest BCUT2D eigenvalue weighted by atomic mass is 19.1. The third kappa shape index (κ3) is 3.59. The number of hydrogen-bond donors (Lipinski definition) is 2. The van der Waals surface area contributed by atoms with Gasteiger partial charge in [0.05, 0.1) is 6.04 Å². The lowest BCUT2D eigenvalue weighted by Crippen LogP contribution is -2.19. The lowest BCUT2D eigenvalue weighted by atomic mass is 10.3. The van der Waals surface area contributed by atoms with E-state index in [-0.39, 0.29) is 18.5 Å². The SMILES string of the molecule is CC(N)c1ncn(CC(=O)Nc2cccc(F)c2)n1. The molecule has 0 fully saturated rings. The summed E-state index contributed by atoms with van der Waals surface area (Å²) in [6, 6.07) is 5.39. The van der Waals surface area contributed by atoms with Crippen LogP contribution in [0.15, 0.2) is 30.6 Å². The average Bonchev–Trinajstić information content (AvgIpc) is 2.77.